The summed E-state index contributed by atoms with van der Waals surface area (Å²) >= 11 is 1.79. The first-order chi connectivity index (χ1) is 9.24. The van der Waals surface area contributed by atoms with Crippen LogP contribution in [0.2, 0.25) is 0 Å². The Kier molecular flexibility index (Phi) is 3.52. The second-order valence-corrected chi connectivity index (χ2v) is 6.34. The van der Waals surface area contributed by atoms with E-state index in [1.54, 1.807) is 11.9 Å². The van der Waals surface area contributed by atoms with E-state index in [0.29, 0.717) is 0 Å². The van der Waals surface area contributed by atoms with Crippen molar-refractivity contribution in [3.05, 3.63) is 53.6 Å². The normalized spacial score (nSPS) is 12.4. The molecule has 0 radical (unpaired) electrons. The lowest BCUT2D eigenvalue weighted by molar-refractivity contribution is 0.751. The Morgan fingerprint density at radius 2 is 1.84 bits per heavy atom. The molecule has 2 aromatic carbocycles. The van der Waals surface area contributed by atoms with Crippen LogP contribution in [-0.2, 0) is 6.42 Å². The van der Waals surface area contributed by atoms with Crippen molar-refractivity contribution in [2.45, 2.75) is 20.3 Å². The molecule has 0 atom stereocenters. The number of nitrogens with one attached hydrogen (secondary N) is 1. The summed E-state index contributed by atoms with van der Waals surface area (Å²) in [5.74, 6) is 1.85. The van der Waals surface area contributed by atoms with Crippen molar-refractivity contribution >= 4 is 17.6 Å². The summed E-state index contributed by atoms with van der Waals surface area (Å²) in [6.45, 7) is 4.49. The summed E-state index contributed by atoms with van der Waals surface area (Å²) in [4.78, 5) is 0. The minimum atomic E-state index is 0.719. The molecule has 0 unspecified atom stereocenters. The van der Waals surface area contributed by atoms with E-state index < -0.39 is 0 Å². The van der Waals surface area contributed by atoms with Gasteiger partial charge >= 0.3 is 0 Å². The van der Waals surface area contributed by atoms with Crippen molar-refractivity contribution in [2.24, 2.45) is 5.92 Å². The second-order valence-electron chi connectivity index (χ2n) is 5.51. The Hall–Kier alpha value is -1.41. The molecule has 3 rings (SSSR count). The minimum Gasteiger partial charge on any atom is -0.330 e. The van der Waals surface area contributed by atoms with Crippen LogP contribution in [0.4, 0.5) is 5.69 Å². The summed E-state index contributed by atoms with van der Waals surface area (Å²) < 4.78 is 3.45. The fraction of sp³-hybridized carbons (Fsp3) is 0.294. The molecule has 0 aromatic heterocycles. The van der Waals surface area contributed by atoms with E-state index in [9.17, 15) is 0 Å². The summed E-state index contributed by atoms with van der Waals surface area (Å²) in [7, 11) is 0. The van der Waals surface area contributed by atoms with Gasteiger partial charge in [-0.05, 0) is 46.7 Å². The van der Waals surface area contributed by atoms with E-state index in [1.807, 2.05) is 0 Å². The first-order valence-corrected chi connectivity index (χ1v) is 7.81. The molecule has 0 saturated carbocycles. The van der Waals surface area contributed by atoms with Crippen LogP contribution in [0.25, 0.3) is 11.1 Å². The van der Waals surface area contributed by atoms with Crippen molar-refractivity contribution in [1.29, 1.82) is 0 Å². The first kappa shape index (κ1) is 12.6. The van der Waals surface area contributed by atoms with Gasteiger partial charge in [0.1, 0.15) is 0 Å². The molecule has 1 aliphatic rings. The maximum Gasteiger partial charge on any atom is 0.0443 e. The largest absolute Gasteiger partial charge is 0.330 e. The molecule has 19 heavy (non-hydrogen) atoms. The average molecular weight is 269 g/mol. The molecule has 2 heteroatoms. The molecule has 1 N–H and O–H groups in total. The highest BCUT2D eigenvalue weighted by atomic mass is 32.2. The number of fused-ring (bicyclic) bond motifs is 3. The molecule has 0 saturated heterocycles. The third-order valence-electron chi connectivity index (χ3n) is 3.40. The third kappa shape index (κ3) is 2.64. The van der Waals surface area contributed by atoms with E-state index >= 15 is 0 Å². The number of anilines is 1. The van der Waals surface area contributed by atoms with Gasteiger partial charge in [-0.15, -0.1) is 0 Å². The Labute approximate surface area is 119 Å². The lowest BCUT2D eigenvalue weighted by atomic mass is 10.1. The average Bonchev–Trinajstić information content (AvgIpc) is 2.76. The zero-order valence-corrected chi connectivity index (χ0v) is 12.3. The maximum absolute atomic E-state index is 3.45. The molecule has 0 amide bonds. The van der Waals surface area contributed by atoms with Gasteiger partial charge in [-0.1, -0.05) is 56.1 Å². The lowest BCUT2D eigenvalue weighted by Crippen LogP contribution is -1.96. The van der Waals surface area contributed by atoms with Crippen LogP contribution >= 0.6 is 11.9 Å². The smallest absolute Gasteiger partial charge is 0.0443 e. The topological polar surface area (TPSA) is 12.0 Å². The molecule has 98 valence electrons. The van der Waals surface area contributed by atoms with Crippen LogP contribution in [0, 0.1) is 5.92 Å². The van der Waals surface area contributed by atoms with Gasteiger partial charge < -0.3 is 4.72 Å². The fourth-order valence-corrected chi connectivity index (χ4v) is 3.21. The number of benzene rings is 2. The SMILES string of the molecule is CC(C)CSNc1ccc2c(c1)Cc1ccccc1-2. The maximum atomic E-state index is 3.45. The van der Waals surface area contributed by atoms with Gasteiger partial charge in [-0.25, -0.2) is 0 Å². The highest BCUT2D eigenvalue weighted by Gasteiger charge is 2.17. The molecule has 1 nitrogen and oxygen atoms in total. The number of rotatable bonds is 4. The molecule has 0 heterocycles. The molecular weight excluding hydrogens is 250 g/mol. The fourth-order valence-electron chi connectivity index (χ4n) is 2.50. The van der Waals surface area contributed by atoms with Gasteiger partial charge in [-0.2, -0.15) is 0 Å². The van der Waals surface area contributed by atoms with Crippen LogP contribution in [0.1, 0.15) is 25.0 Å². The third-order valence-corrected chi connectivity index (χ3v) is 4.61. The van der Waals surface area contributed by atoms with Gasteiger partial charge in [0.15, 0.2) is 0 Å². The van der Waals surface area contributed by atoms with Crippen LogP contribution < -0.4 is 4.72 Å². The van der Waals surface area contributed by atoms with Gasteiger partial charge in [0.25, 0.3) is 0 Å². The number of hydrogen-bond donors (Lipinski definition) is 1. The van der Waals surface area contributed by atoms with E-state index in [2.05, 4.69) is 61.0 Å². The highest BCUT2D eigenvalue weighted by molar-refractivity contribution is 8.00. The van der Waals surface area contributed by atoms with Crippen molar-refractivity contribution in [3.8, 4) is 11.1 Å². The Balaban J connectivity index is 1.78. The Morgan fingerprint density at radius 1 is 1.05 bits per heavy atom. The monoisotopic (exact) mass is 269 g/mol. The highest BCUT2D eigenvalue weighted by Crippen LogP contribution is 2.37. The van der Waals surface area contributed by atoms with Crippen molar-refractivity contribution in [1.82, 2.24) is 0 Å². The van der Waals surface area contributed by atoms with Gasteiger partial charge in [-0.3, -0.25) is 0 Å². The first-order valence-electron chi connectivity index (χ1n) is 6.83. The molecule has 0 spiro atoms. The van der Waals surface area contributed by atoms with Crippen LogP contribution in [0.5, 0.6) is 0 Å². The van der Waals surface area contributed by atoms with Crippen molar-refractivity contribution in [3.63, 3.8) is 0 Å². The summed E-state index contributed by atoms with van der Waals surface area (Å²) in [6, 6.07) is 15.4. The molecular formula is C17H19NS. The Bertz CT molecular complexity index is 590. The predicted octanol–water partition coefficient (Wildman–Crippen LogP) is 4.97. The lowest BCUT2D eigenvalue weighted by Gasteiger charge is -2.09. The van der Waals surface area contributed by atoms with E-state index in [0.717, 1.165) is 18.1 Å². The van der Waals surface area contributed by atoms with Gasteiger partial charge in [0.2, 0.25) is 0 Å². The second kappa shape index (κ2) is 5.30. The standard InChI is InChI=1S/C17H19NS/c1-12(2)11-19-18-15-7-8-17-14(10-15)9-13-5-3-4-6-16(13)17/h3-8,10,12,18H,9,11H2,1-2H3. The van der Waals surface area contributed by atoms with E-state index in [-0.39, 0.29) is 0 Å². The summed E-state index contributed by atoms with van der Waals surface area (Å²) in [6.07, 6.45) is 1.07. The summed E-state index contributed by atoms with van der Waals surface area (Å²) in [5, 5.41) is 0. The zero-order chi connectivity index (χ0) is 13.2. The minimum absolute atomic E-state index is 0.719. The van der Waals surface area contributed by atoms with Crippen molar-refractivity contribution in [2.75, 3.05) is 10.5 Å². The Morgan fingerprint density at radius 3 is 2.68 bits per heavy atom. The van der Waals surface area contributed by atoms with Gasteiger partial charge in [0.05, 0.1) is 0 Å². The molecule has 0 aliphatic heterocycles. The quantitative estimate of drug-likeness (QED) is 0.671. The molecule has 0 bridgehead atoms. The van der Waals surface area contributed by atoms with Crippen LogP contribution in [0.3, 0.4) is 0 Å². The summed E-state index contributed by atoms with van der Waals surface area (Å²) in [5.41, 5.74) is 6.91. The van der Waals surface area contributed by atoms with Crippen molar-refractivity contribution < 1.29 is 0 Å². The number of hydrogen-bond acceptors (Lipinski definition) is 2. The van der Waals surface area contributed by atoms with Crippen LogP contribution in [-0.4, -0.2) is 5.75 Å². The van der Waals surface area contributed by atoms with Crippen LogP contribution in [0.15, 0.2) is 42.5 Å². The molecule has 2 aromatic rings. The van der Waals surface area contributed by atoms with E-state index in [4.69, 9.17) is 0 Å². The van der Waals surface area contributed by atoms with Gasteiger partial charge in [0, 0.05) is 11.4 Å². The predicted molar refractivity (Wildman–Crippen MR) is 85.6 cm³/mol. The molecule has 0 fully saturated rings. The zero-order valence-electron chi connectivity index (χ0n) is 11.4. The van der Waals surface area contributed by atoms with E-state index in [1.165, 1.54) is 27.9 Å². The molecule has 1 aliphatic carbocycles.